The van der Waals surface area contributed by atoms with Crippen LogP contribution in [0, 0.1) is 0 Å². The quantitative estimate of drug-likeness (QED) is 0.306. The number of nitrogens with zero attached hydrogens (tertiary/aromatic N) is 3. The third-order valence-corrected chi connectivity index (χ3v) is 5.56. The Morgan fingerprint density at radius 2 is 1.97 bits per heavy atom. The second kappa shape index (κ2) is 12.3. The zero-order valence-electron chi connectivity index (χ0n) is 18.6. The maximum Gasteiger partial charge on any atom is 0.191 e. The lowest BCUT2D eigenvalue weighted by Gasteiger charge is -2.35. The summed E-state index contributed by atoms with van der Waals surface area (Å²) >= 11 is 0. The van der Waals surface area contributed by atoms with Gasteiger partial charge in [0.2, 0.25) is 0 Å². The Labute approximate surface area is 197 Å². The number of fused-ring (bicyclic) bond motifs is 1. The average molecular weight is 525 g/mol. The van der Waals surface area contributed by atoms with Gasteiger partial charge in [-0.2, -0.15) is 0 Å². The van der Waals surface area contributed by atoms with E-state index in [2.05, 4.69) is 77.6 Å². The normalized spacial score (nSPS) is 15.4. The molecule has 1 aromatic carbocycles. The second-order valence-electron chi connectivity index (χ2n) is 8.00. The Balaban J connectivity index is 0.00000320. The first-order chi connectivity index (χ1) is 14.1. The summed E-state index contributed by atoms with van der Waals surface area (Å²) < 4.78 is 5.41. The molecule has 0 fully saturated rings. The molecule has 3 rings (SSSR count). The minimum Gasteiger partial charge on any atom is -0.359 e. The standard InChI is InChI=1S/C23H35N5O.HI/c1-5-20(28-12-11-18-9-7-8-10-19(18)16-28)14-25-23(24-6-2)26-15-21-13-22(17(3)4)27-29-21;/h7-10,13,17,20H,5-6,11-12,14-16H2,1-4H3,(H2,24,25,26);1H. The van der Waals surface area contributed by atoms with Crippen molar-refractivity contribution in [1.29, 1.82) is 0 Å². The van der Waals surface area contributed by atoms with Crippen LogP contribution in [-0.4, -0.2) is 41.7 Å². The number of hydrogen-bond acceptors (Lipinski definition) is 4. The highest BCUT2D eigenvalue weighted by molar-refractivity contribution is 14.0. The minimum atomic E-state index is 0. The molecule has 1 aliphatic heterocycles. The van der Waals surface area contributed by atoms with E-state index in [1.165, 1.54) is 11.1 Å². The number of aliphatic imine (C=N–C) groups is 1. The van der Waals surface area contributed by atoms with Crippen LogP contribution in [0.15, 0.2) is 39.8 Å². The van der Waals surface area contributed by atoms with Gasteiger partial charge in [-0.1, -0.05) is 50.2 Å². The molecule has 0 saturated heterocycles. The van der Waals surface area contributed by atoms with Crippen LogP contribution in [0.1, 0.15) is 62.6 Å². The van der Waals surface area contributed by atoms with Crippen LogP contribution >= 0.6 is 24.0 Å². The van der Waals surface area contributed by atoms with Gasteiger partial charge in [0.15, 0.2) is 11.7 Å². The molecule has 1 aliphatic rings. The fourth-order valence-electron chi connectivity index (χ4n) is 3.75. The maximum atomic E-state index is 5.41. The third-order valence-electron chi connectivity index (χ3n) is 5.56. The molecule has 1 atom stereocenters. The molecule has 166 valence electrons. The van der Waals surface area contributed by atoms with Crippen molar-refractivity contribution in [3.8, 4) is 0 Å². The first-order valence-corrected chi connectivity index (χ1v) is 10.9. The van der Waals surface area contributed by atoms with Crippen molar-refractivity contribution in [3.05, 3.63) is 52.9 Å². The zero-order valence-corrected chi connectivity index (χ0v) is 21.0. The summed E-state index contributed by atoms with van der Waals surface area (Å²) in [7, 11) is 0. The van der Waals surface area contributed by atoms with E-state index in [1.807, 2.05) is 6.07 Å². The van der Waals surface area contributed by atoms with Crippen molar-refractivity contribution in [2.75, 3.05) is 19.6 Å². The van der Waals surface area contributed by atoms with Crippen LogP contribution in [0.2, 0.25) is 0 Å². The monoisotopic (exact) mass is 525 g/mol. The molecule has 0 amide bonds. The van der Waals surface area contributed by atoms with Crippen LogP contribution in [-0.2, 0) is 19.5 Å². The van der Waals surface area contributed by atoms with Crippen LogP contribution in [0.25, 0.3) is 0 Å². The number of nitrogens with one attached hydrogen (secondary N) is 2. The molecule has 1 aromatic heterocycles. The van der Waals surface area contributed by atoms with E-state index in [9.17, 15) is 0 Å². The molecule has 0 bridgehead atoms. The summed E-state index contributed by atoms with van der Waals surface area (Å²) in [5, 5.41) is 11.0. The van der Waals surface area contributed by atoms with Gasteiger partial charge in [-0.15, -0.1) is 24.0 Å². The number of hydrogen-bond donors (Lipinski definition) is 2. The van der Waals surface area contributed by atoms with Crippen LogP contribution in [0.3, 0.4) is 0 Å². The van der Waals surface area contributed by atoms with E-state index in [0.29, 0.717) is 18.5 Å². The second-order valence-corrected chi connectivity index (χ2v) is 8.00. The van der Waals surface area contributed by atoms with Crippen LogP contribution in [0.5, 0.6) is 0 Å². The Morgan fingerprint density at radius 3 is 2.63 bits per heavy atom. The molecule has 1 unspecified atom stereocenters. The number of guanidine groups is 1. The first kappa shape index (κ1) is 24.7. The van der Waals surface area contributed by atoms with Gasteiger partial charge < -0.3 is 15.2 Å². The molecule has 0 radical (unpaired) electrons. The molecule has 2 aromatic rings. The van der Waals surface area contributed by atoms with Crippen molar-refractivity contribution < 1.29 is 4.52 Å². The summed E-state index contributed by atoms with van der Waals surface area (Å²) in [6.45, 7) is 12.9. The summed E-state index contributed by atoms with van der Waals surface area (Å²) in [5.41, 5.74) is 3.93. The lowest BCUT2D eigenvalue weighted by Crippen LogP contribution is -2.48. The van der Waals surface area contributed by atoms with Crippen molar-refractivity contribution in [2.24, 2.45) is 4.99 Å². The van der Waals surface area contributed by atoms with Crippen molar-refractivity contribution in [3.63, 3.8) is 0 Å². The lowest BCUT2D eigenvalue weighted by molar-refractivity contribution is 0.174. The Morgan fingerprint density at radius 1 is 1.20 bits per heavy atom. The average Bonchev–Trinajstić information content (AvgIpc) is 3.21. The molecule has 2 N–H and O–H groups in total. The van der Waals surface area contributed by atoms with E-state index in [4.69, 9.17) is 4.52 Å². The molecule has 0 aliphatic carbocycles. The molecule has 6 nitrogen and oxygen atoms in total. The minimum absolute atomic E-state index is 0. The van der Waals surface area contributed by atoms with Crippen LogP contribution < -0.4 is 10.6 Å². The predicted octanol–water partition coefficient (Wildman–Crippen LogP) is 4.31. The van der Waals surface area contributed by atoms with Crippen molar-refractivity contribution in [2.45, 2.75) is 65.6 Å². The van der Waals surface area contributed by atoms with Gasteiger partial charge >= 0.3 is 0 Å². The molecule has 0 spiro atoms. The summed E-state index contributed by atoms with van der Waals surface area (Å²) in [6, 6.07) is 11.3. The molecular weight excluding hydrogens is 489 g/mol. The Kier molecular flexibility index (Phi) is 10.1. The summed E-state index contributed by atoms with van der Waals surface area (Å²) in [4.78, 5) is 7.27. The number of benzene rings is 1. The predicted molar refractivity (Wildman–Crippen MR) is 133 cm³/mol. The van der Waals surface area contributed by atoms with E-state index < -0.39 is 0 Å². The smallest absolute Gasteiger partial charge is 0.191 e. The topological polar surface area (TPSA) is 65.7 Å². The van der Waals surface area contributed by atoms with Gasteiger partial charge in [-0.05, 0) is 36.8 Å². The van der Waals surface area contributed by atoms with Gasteiger partial charge in [0.1, 0.15) is 6.54 Å². The fourth-order valence-corrected chi connectivity index (χ4v) is 3.75. The first-order valence-electron chi connectivity index (χ1n) is 10.9. The van der Waals surface area contributed by atoms with Gasteiger partial charge in [-0.25, -0.2) is 4.99 Å². The zero-order chi connectivity index (χ0) is 20.6. The van der Waals surface area contributed by atoms with E-state index >= 15 is 0 Å². The Hall–Kier alpha value is -1.61. The Bertz CT molecular complexity index is 804. The van der Waals surface area contributed by atoms with Crippen LogP contribution in [0.4, 0.5) is 0 Å². The molecular formula is C23H36IN5O. The summed E-state index contributed by atoms with van der Waals surface area (Å²) in [5.74, 6) is 1.99. The SMILES string of the molecule is CCNC(=NCc1cc(C(C)C)no1)NCC(CC)N1CCc2ccccc2C1.I. The van der Waals surface area contributed by atoms with Gasteiger partial charge in [0.25, 0.3) is 0 Å². The van der Waals surface area contributed by atoms with Gasteiger partial charge in [0, 0.05) is 38.3 Å². The van der Waals surface area contributed by atoms with E-state index in [-0.39, 0.29) is 24.0 Å². The van der Waals surface area contributed by atoms with Gasteiger partial charge in [-0.3, -0.25) is 4.90 Å². The summed E-state index contributed by atoms with van der Waals surface area (Å²) in [6.07, 6.45) is 2.24. The largest absolute Gasteiger partial charge is 0.359 e. The highest BCUT2D eigenvalue weighted by Crippen LogP contribution is 2.21. The fraction of sp³-hybridized carbons (Fsp3) is 0.565. The third kappa shape index (κ3) is 6.70. The number of rotatable bonds is 8. The van der Waals surface area contributed by atoms with E-state index in [1.54, 1.807) is 0 Å². The molecule has 0 saturated carbocycles. The van der Waals surface area contributed by atoms with Crippen molar-refractivity contribution in [1.82, 2.24) is 20.7 Å². The maximum absolute atomic E-state index is 5.41. The van der Waals surface area contributed by atoms with E-state index in [0.717, 1.165) is 56.4 Å². The van der Waals surface area contributed by atoms with Gasteiger partial charge in [0.05, 0.1) is 5.69 Å². The highest BCUT2D eigenvalue weighted by Gasteiger charge is 2.22. The number of aromatic nitrogens is 1. The number of halogens is 1. The van der Waals surface area contributed by atoms with Crippen molar-refractivity contribution >= 4 is 29.9 Å². The lowest BCUT2D eigenvalue weighted by atomic mass is 9.98. The molecule has 30 heavy (non-hydrogen) atoms. The molecule has 7 heteroatoms. The highest BCUT2D eigenvalue weighted by atomic mass is 127. The molecule has 2 heterocycles.